The fourth-order valence-electron chi connectivity index (χ4n) is 1.72. The Morgan fingerprint density at radius 1 is 1.50 bits per heavy atom. The first kappa shape index (κ1) is 8.06. The van der Waals surface area contributed by atoms with Crippen molar-refractivity contribution in [1.29, 1.82) is 0 Å². The summed E-state index contributed by atoms with van der Waals surface area (Å²) >= 11 is 0. The van der Waals surface area contributed by atoms with E-state index in [2.05, 4.69) is 19.2 Å². The van der Waals surface area contributed by atoms with E-state index >= 15 is 0 Å². The van der Waals surface area contributed by atoms with Crippen LogP contribution in [0.4, 0.5) is 0 Å². The fraction of sp³-hybridized carbons (Fsp3) is 1.00. The van der Waals surface area contributed by atoms with Crippen LogP contribution < -0.4 is 5.32 Å². The maximum atomic E-state index is 4.41. The third-order valence-corrected chi connectivity index (χ3v) is 2.12. The van der Waals surface area contributed by atoms with Crippen molar-refractivity contribution in [2.24, 2.45) is 11.8 Å². The largest absolute Gasteiger partial charge is 0.242 e. The van der Waals surface area contributed by atoms with Gasteiger partial charge in [0.15, 0.2) is 0 Å². The molecule has 0 aromatic rings. The molecule has 0 aromatic heterocycles. The van der Waals surface area contributed by atoms with E-state index < -0.39 is 0 Å². The molecule has 0 saturated carbocycles. The average Bonchev–Trinajstić information content (AvgIpc) is 1.88. The van der Waals surface area contributed by atoms with Gasteiger partial charge in [-0.2, -0.15) is 0 Å². The van der Waals surface area contributed by atoms with Gasteiger partial charge in [-0.15, -0.1) is 0 Å². The molecule has 0 N–H and O–H groups in total. The second-order valence-electron chi connectivity index (χ2n) is 3.77. The van der Waals surface area contributed by atoms with Crippen LogP contribution >= 0.6 is 0 Å². The monoisotopic (exact) mass is 140 g/mol. The van der Waals surface area contributed by atoms with Crippen LogP contribution in [-0.2, 0) is 0 Å². The lowest BCUT2D eigenvalue weighted by atomic mass is 9.91. The lowest BCUT2D eigenvalue weighted by Gasteiger charge is -2.22. The highest BCUT2D eigenvalue weighted by Gasteiger charge is 2.14. The van der Waals surface area contributed by atoms with Crippen molar-refractivity contribution in [3.8, 4) is 0 Å². The Balaban J connectivity index is 2.13. The van der Waals surface area contributed by atoms with Crippen LogP contribution in [0.1, 0.15) is 33.1 Å². The molecule has 10 heavy (non-hydrogen) atoms. The second-order valence-corrected chi connectivity index (χ2v) is 3.77. The zero-order chi connectivity index (χ0) is 7.40. The van der Waals surface area contributed by atoms with Crippen LogP contribution in [0, 0.1) is 11.8 Å². The van der Waals surface area contributed by atoms with Gasteiger partial charge in [0.2, 0.25) is 0 Å². The minimum Gasteiger partial charge on any atom is -0.242 e. The molecular weight excluding hydrogens is 122 g/mol. The first-order valence-electron chi connectivity index (χ1n) is 4.42. The summed E-state index contributed by atoms with van der Waals surface area (Å²) in [6.07, 6.45) is 4.13. The predicted molar refractivity (Wildman–Crippen MR) is 44.0 cm³/mol. The summed E-state index contributed by atoms with van der Waals surface area (Å²) < 4.78 is 0. The van der Waals surface area contributed by atoms with Crippen LogP contribution in [0.3, 0.4) is 0 Å². The summed E-state index contributed by atoms with van der Waals surface area (Å²) in [4.78, 5) is 0. The lowest BCUT2D eigenvalue weighted by molar-refractivity contribution is 0.318. The third-order valence-electron chi connectivity index (χ3n) is 2.12. The molecule has 1 fully saturated rings. The van der Waals surface area contributed by atoms with Gasteiger partial charge in [0, 0.05) is 13.1 Å². The Morgan fingerprint density at radius 2 is 2.30 bits per heavy atom. The topological polar surface area (TPSA) is 14.1 Å². The molecule has 1 radical (unpaired) electrons. The van der Waals surface area contributed by atoms with Gasteiger partial charge < -0.3 is 0 Å². The van der Waals surface area contributed by atoms with Crippen molar-refractivity contribution >= 4 is 0 Å². The average molecular weight is 140 g/mol. The molecule has 59 valence electrons. The fourth-order valence-corrected chi connectivity index (χ4v) is 1.72. The summed E-state index contributed by atoms with van der Waals surface area (Å²) in [6.45, 7) is 6.86. The highest BCUT2D eigenvalue weighted by Crippen LogP contribution is 2.18. The molecule has 1 aliphatic heterocycles. The highest BCUT2D eigenvalue weighted by atomic mass is 14.9. The highest BCUT2D eigenvalue weighted by molar-refractivity contribution is 4.69. The Hall–Kier alpha value is -0.0400. The first-order chi connectivity index (χ1) is 4.79. The normalized spacial score (nSPS) is 27.3. The van der Waals surface area contributed by atoms with E-state index in [-0.39, 0.29) is 0 Å². The van der Waals surface area contributed by atoms with E-state index in [9.17, 15) is 0 Å². The molecule has 1 aliphatic rings. The minimum atomic E-state index is 0.860. The molecule has 1 saturated heterocycles. The van der Waals surface area contributed by atoms with Crippen LogP contribution in [0.2, 0.25) is 0 Å². The van der Waals surface area contributed by atoms with Gasteiger partial charge in [0.1, 0.15) is 0 Å². The van der Waals surface area contributed by atoms with Gasteiger partial charge in [0.25, 0.3) is 0 Å². The van der Waals surface area contributed by atoms with E-state index in [1.807, 2.05) is 0 Å². The summed E-state index contributed by atoms with van der Waals surface area (Å²) in [5.41, 5.74) is 0. The number of nitrogens with zero attached hydrogens (tertiary/aromatic N) is 1. The number of hydrogen-bond acceptors (Lipinski definition) is 0. The van der Waals surface area contributed by atoms with Crippen molar-refractivity contribution in [3.63, 3.8) is 0 Å². The number of piperidine rings is 1. The SMILES string of the molecule is CC(C)CC1CCC[N]C1. The summed E-state index contributed by atoms with van der Waals surface area (Å²) in [7, 11) is 0. The van der Waals surface area contributed by atoms with E-state index in [4.69, 9.17) is 0 Å². The Labute approximate surface area is 64.2 Å². The summed E-state index contributed by atoms with van der Waals surface area (Å²) in [5, 5.41) is 4.41. The quantitative estimate of drug-likeness (QED) is 0.557. The van der Waals surface area contributed by atoms with Gasteiger partial charge >= 0.3 is 0 Å². The molecule has 0 amide bonds. The third kappa shape index (κ3) is 2.70. The van der Waals surface area contributed by atoms with Gasteiger partial charge in [0.05, 0.1) is 0 Å². The standard InChI is InChI=1S/C9H18N/c1-8(2)6-9-4-3-5-10-7-9/h8-9H,3-7H2,1-2H3. The number of hydrogen-bond donors (Lipinski definition) is 0. The van der Waals surface area contributed by atoms with Gasteiger partial charge in [-0.3, -0.25) is 0 Å². The molecule has 1 heterocycles. The van der Waals surface area contributed by atoms with E-state index in [0.29, 0.717) is 0 Å². The Kier molecular flexibility index (Phi) is 3.20. The maximum absolute atomic E-state index is 4.41. The van der Waals surface area contributed by atoms with Crippen molar-refractivity contribution in [2.45, 2.75) is 33.1 Å². The predicted octanol–water partition coefficient (Wildman–Crippen LogP) is 2.05. The Bertz CT molecular complexity index is 82.7. The molecule has 1 rings (SSSR count). The van der Waals surface area contributed by atoms with E-state index in [0.717, 1.165) is 24.9 Å². The van der Waals surface area contributed by atoms with Crippen molar-refractivity contribution in [2.75, 3.05) is 13.1 Å². The molecule has 0 bridgehead atoms. The Morgan fingerprint density at radius 3 is 2.80 bits per heavy atom. The first-order valence-corrected chi connectivity index (χ1v) is 4.42. The smallest absolute Gasteiger partial charge is 0.0161 e. The van der Waals surface area contributed by atoms with Crippen molar-refractivity contribution in [3.05, 3.63) is 0 Å². The molecule has 0 spiro atoms. The van der Waals surface area contributed by atoms with Crippen LogP contribution in [0.15, 0.2) is 0 Å². The van der Waals surface area contributed by atoms with E-state index in [1.54, 1.807) is 0 Å². The summed E-state index contributed by atoms with van der Waals surface area (Å²) in [6, 6.07) is 0. The zero-order valence-corrected chi connectivity index (χ0v) is 7.14. The number of rotatable bonds is 2. The van der Waals surface area contributed by atoms with Crippen LogP contribution in [0.25, 0.3) is 0 Å². The lowest BCUT2D eigenvalue weighted by Crippen LogP contribution is -2.25. The molecular formula is C9H18N. The molecule has 1 unspecified atom stereocenters. The molecule has 1 nitrogen and oxygen atoms in total. The van der Waals surface area contributed by atoms with Crippen LogP contribution in [0.5, 0.6) is 0 Å². The molecule has 1 atom stereocenters. The van der Waals surface area contributed by atoms with Crippen molar-refractivity contribution < 1.29 is 0 Å². The zero-order valence-electron chi connectivity index (χ0n) is 7.14. The van der Waals surface area contributed by atoms with Gasteiger partial charge in [-0.05, 0) is 31.1 Å². The second kappa shape index (κ2) is 3.97. The van der Waals surface area contributed by atoms with Crippen LogP contribution in [-0.4, -0.2) is 13.1 Å². The van der Waals surface area contributed by atoms with E-state index in [1.165, 1.54) is 19.3 Å². The molecule has 0 aliphatic carbocycles. The van der Waals surface area contributed by atoms with Crippen molar-refractivity contribution in [1.82, 2.24) is 5.32 Å². The molecule has 0 aromatic carbocycles. The molecule has 1 heteroatoms. The minimum absolute atomic E-state index is 0.860. The maximum Gasteiger partial charge on any atom is 0.0161 e. The van der Waals surface area contributed by atoms with Gasteiger partial charge in [-0.25, -0.2) is 5.32 Å². The van der Waals surface area contributed by atoms with Gasteiger partial charge in [-0.1, -0.05) is 13.8 Å². The summed E-state index contributed by atoms with van der Waals surface area (Å²) in [5.74, 6) is 1.77.